The molecule has 1 heterocycles. The summed E-state index contributed by atoms with van der Waals surface area (Å²) < 4.78 is 48.4. The molecule has 0 aliphatic rings. The van der Waals surface area contributed by atoms with Gasteiger partial charge in [0.25, 0.3) is 0 Å². The van der Waals surface area contributed by atoms with Crippen molar-refractivity contribution in [3.05, 3.63) is 71.3 Å². The van der Waals surface area contributed by atoms with E-state index in [0.717, 1.165) is 6.07 Å². The van der Waals surface area contributed by atoms with Crippen molar-refractivity contribution < 1.29 is 23.0 Å². The Labute approximate surface area is 170 Å². The molecule has 0 amide bonds. The number of ether oxygens (including phenoxy) is 1. The van der Waals surface area contributed by atoms with Gasteiger partial charge in [0.15, 0.2) is 0 Å². The summed E-state index contributed by atoms with van der Waals surface area (Å²) in [7, 11) is 0. The smallest absolute Gasteiger partial charge is 0.416 e. The summed E-state index contributed by atoms with van der Waals surface area (Å²) in [5.74, 6) is 0.352. The summed E-state index contributed by atoms with van der Waals surface area (Å²) in [5.41, 5.74) is -2.96. The zero-order chi connectivity index (χ0) is 21.1. The molecule has 1 atom stereocenters. The van der Waals surface area contributed by atoms with Gasteiger partial charge in [-0.3, -0.25) is 0 Å². The third-order valence-corrected chi connectivity index (χ3v) is 4.65. The SMILES string of the molecule is CCC[C@](O)(Cn1cncn1)c1ccc(Oc2ccc(Cl)cc2)cc1C(F)(F)F. The fourth-order valence-electron chi connectivity index (χ4n) is 3.16. The number of hydrogen-bond acceptors (Lipinski definition) is 4. The second-order valence-corrected chi connectivity index (χ2v) is 7.07. The Morgan fingerprint density at radius 3 is 2.34 bits per heavy atom. The number of aliphatic hydroxyl groups is 1. The summed E-state index contributed by atoms with van der Waals surface area (Å²) >= 11 is 5.82. The standard InChI is InChI=1S/C20H19ClF3N3O2/c1-2-9-19(28,11-27-13-25-12-26-27)17-8-7-16(10-18(17)20(22,23)24)29-15-5-3-14(21)4-6-15/h3-8,10,12-13,28H,2,9,11H2,1H3/t19-/m0/s1. The van der Waals surface area contributed by atoms with Crippen LogP contribution in [0.15, 0.2) is 55.1 Å². The highest BCUT2D eigenvalue weighted by molar-refractivity contribution is 6.30. The van der Waals surface area contributed by atoms with Crippen LogP contribution >= 0.6 is 11.6 Å². The van der Waals surface area contributed by atoms with Crippen molar-refractivity contribution in [2.24, 2.45) is 0 Å². The molecule has 0 bridgehead atoms. The quantitative estimate of drug-likeness (QED) is 0.548. The fourth-order valence-corrected chi connectivity index (χ4v) is 3.29. The Bertz CT molecular complexity index is 947. The van der Waals surface area contributed by atoms with E-state index in [1.54, 1.807) is 31.2 Å². The number of halogens is 4. The second kappa shape index (κ2) is 8.42. The third-order valence-electron chi connectivity index (χ3n) is 4.40. The van der Waals surface area contributed by atoms with Crippen LogP contribution in [-0.2, 0) is 18.3 Å². The Hall–Kier alpha value is -2.58. The number of hydrogen-bond donors (Lipinski definition) is 1. The maximum absolute atomic E-state index is 13.9. The Morgan fingerprint density at radius 2 is 1.76 bits per heavy atom. The minimum absolute atomic E-state index is 0.00278. The lowest BCUT2D eigenvalue weighted by atomic mass is 9.85. The molecule has 0 radical (unpaired) electrons. The molecule has 1 aromatic heterocycles. The van der Waals surface area contributed by atoms with Gasteiger partial charge in [0.2, 0.25) is 0 Å². The van der Waals surface area contributed by atoms with E-state index in [1.807, 2.05) is 0 Å². The highest BCUT2D eigenvalue weighted by Crippen LogP contribution is 2.41. The molecule has 0 fully saturated rings. The molecule has 0 spiro atoms. The van der Waals surface area contributed by atoms with Crippen molar-refractivity contribution in [2.75, 3.05) is 0 Å². The van der Waals surface area contributed by atoms with Crippen molar-refractivity contribution in [1.29, 1.82) is 0 Å². The summed E-state index contributed by atoms with van der Waals surface area (Å²) in [5, 5.41) is 15.6. The number of nitrogens with zero attached hydrogens (tertiary/aromatic N) is 3. The second-order valence-electron chi connectivity index (χ2n) is 6.64. The van der Waals surface area contributed by atoms with Gasteiger partial charge < -0.3 is 9.84 Å². The van der Waals surface area contributed by atoms with E-state index >= 15 is 0 Å². The summed E-state index contributed by atoms with van der Waals surface area (Å²) in [6.07, 6.45) is -1.47. The Kier molecular flexibility index (Phi) is 6.14. The van der Waals surface area contributed by atoms with Crippen molar-refractivity contribution >= 4 is 11.6 Å². The van der Waals surface area contributed by atoms with Crippen LogP contribution in [0.3, 0.4) is 0 Å². The predicted octanol–water partition coefficient (Wildman–Crippen LogP) is 5.43. The van der Waals surface area contributed by atoms with Crippen LogP contribution in [0, 0.1) is 0 Å². The van der Waals surface area contributed by atoms with Crippen LogP contribution in [0.25, 0.3) is 0 Å². The molecule has 0 aliphatic carbocycles. The Morgan fingerprint density at radius 1 is 1.07 bits per heavy atom. The van der Waals surface area contributed by atoms with E-state index in [1.165, 1.54) is 29.5 Å². The van der Waals surface area contributed by atoms with Crippen LogP contribution in [0.4, 0.5) is 13.2 Å². The Balaban J connectivity index is 2.01. The molecule has 2 aromatic carbocycles. The average molecular weight is 426 g/mol. The lowest BCUT2D eigenvalue weighted by Gasteiger charge is -2.31. The van der Waals surface area contributed by atoms with E-state index < -0.39 is 17.3 Å². The van der Waals surface area contributed by atoms with Crippen LogP contribution in [0.1, 0.15) is 30.9 Å². The lowest BCUT2D eigenvalue weighted by Crippen LogP contribution is -2.34. The molecule has 3 rings (SSSR count). The number of aromatic nitrogens is 3. The van der Waals surface area contributed by atoms with Gasteiger partial charge in [-0.2, -0.15) is 18.3 Å². The number of rotatable bonds is 7. The van der Waals surface area contributed by atoms with Gasteiger partial charge in [-0.05, 0) is 48.4 Å². The summed E-state index contributed by atoms with van der Waals surface area (Å²) in [4.78, 5) is 3.79. The summed E-state index contributed by atoms with van der Waals surface area (Å²) in [6, 6.07) is 9.82. The van der Waals surface area contributed by atoms with Gasteiger partial charge in [0, 0.05) is 5.02 Å². The van der Waals surface area contributed by atoms with Gasteiger partial charge >= 0.3 is 6.18 Å². The topological polar surface area (TPSA) is 60.2 Å². The average Bonchev–Trinajstić information content (AvgIpc) is 3.16. The zero-order valence-electron chi connectivity index (χ0n) is 15.5. The van der Waals surface area contributed by atoms with Crippen molar-refractivity contribution in [3.8, 4) is 11.5 Å². The third kappa shape index (κ3) is 5.07. The van der Waals surface area contributed by atoms with E-state index in [4.69, 9.17) is 16.3 Å². The van der Waals surface area contributed by atoms with E-state index in [-0.39, 0.29) is 24.3 Å². The minimum atomic E-state index is -4.68. The molecule has 154 valence electrons. The molecule has 3 aromatic rings. The molecule has 9 heteroatoms. The first-order valence-corrected chi connectivity index (χ1v) is 9.29. The maximum atomic E-state index is 13.9. The van der Waals surface area contributed by atoms with Crippen LogP contribution < -0.4 is 4.74 Å². The molecule has 0 aliphatic heterocycles. The monoisotopic (exact) mass is 425 g/mol. The lowest BCUT2D eigenvalue weighted by molar-refractivity contribution is -0.141. The molecular weight excluding hydrogens is 407 g/mol. The maximum Gasteiger partial charge on any atom is 0.416 e. The van der Waals surface area contributed by atoms with Crippen molar-refractivity contribution in [1.82, 2.24) is 14.8 Å². The first-order chi connectivity index (χ1) is 13.7. The van der Waals surface area contributed by atoms with Gasteiger partial charge in [0.05, 0.1) is 12.1 Å². The molecular formula is C20H19ClF3N3O2. The number of alkyl halides is 3. The zero-order valence-corrected chi connectivity index (χ0v) is 16.3. The predicted molar refractivity (Wildman–Crippen MR) is 102 cm³/mol. The van der Waals surface area contributed by atoms with Crippen LogP contribution in [0.5, 0.6) is 11.5 Å². The molecule has 1 N–H and O–H groups in total. The van der Waals surface area contributed by atoms with Gasteiger partial charge in [-0.25, -0.2) is 9.67 Å². The first-order valence-electron chi connectivity index (χ1n) is 8.91. The van der Waals surface area contributed by atoms with Crippen molar-refractivity contribution in [3.63, 3.8) is 0 Å². The van der Waals surface area contributed by atoms with Crippen LogP contribution in [-0.4, -0.2) is 19.9 Å². The first kappa shape index (κ1) is 21.1. The highest BCUT2D eigenvalue weighted by atomic mass is 35.5. The molecule has 29 heavy (non-hydrogen) atoms. The normalized spacial score (nSPS) is 13.9. The van der Waals surface area contributed by atoms with Crippen LogP contribution in [0.2, 0.25) is 5.02 Å². The van der Waals surface area contributed by atoms with Crippen molar-refractivity contribution in [2.45, 2.75) is 38.1 Å². The molecule has 0 saturated carbocycles. The van der Waals surface area contributed by atoms with E-state index in [0.29, 0.717) is 17.2 Å². The molecule has 0 saturated heterocycles. The summed E-state index contributed by atoms with van der Waals surface area (Å²) in [6.45, 7) is 1.64. The highest BCUT2D eigenvalue weighted by Gasteiger charge is 2.41. The van der Waals surface area contributed by atoms with E-state index in [9.17, 15) is 18.3 Å². The van der Waals surface area contributed by atoms with E-state index in [2.05, 4.69) is 10.1 Å². The largest absolute Gasteiger partial charge is 0.457 e. The minimum Gasteiger partial charge on any atom is -0.457 e. The molecule has 0 unspecified atom stereocenters. The number of benzene rings is 2. The fraction of sp³-hybridized carbons (Fsp3) is 0.300. The van der Waals surface area contributed by atoms with Gasteiger partial charge in [0.1, 0.15) is 29.8 Å². The van der Waals surface area contributed by atoms with Gasteiger partial charge in [-0.15, -0.1) is 0 Å². The van der Waals surface area contributed by atoms with Gasteiger partial charge in [-0.1, -0.05) is 31.0 Å². The molecule has 5 nitrogen and oxygen atoms in total.